The molecule has 1 aromatic carbocycles. The quantitative estimate of drug-likeness (QED) is 0.921. The largest absolute Gasteiger partial charge is 0.353 e. The number of hydrogen-bond acceptors (Lipinski definition) is 2. The molecule has 1 aliphatic carbocycles. The standard InChI is InChI=1S/C18H23ClN2O2/c1-12-5-4-6-14(9-12)20-18(23)13-10-17(22)21(11-13)16-8-3-2-7-15(16)19/h2-3,7-8,12-14H,4-6,9-11H2,1H3,(H,20,23). The van der Waals surface area contributed by atoms with Gasteiger partial charge in [-0.2, -0.15) is 0 Å². The molecule has 1 N–H and O–H groups in total. The van der Waals surface area contributed by atoms with Gasteiger partial charge in [0.15, 0.2) is 0 Å². The molecule has 1 aromatic rings. The fraction of sp³-hybridized carbons (Fsp3) is 0.556. The molecule has 0 spiro atoms. The zero-order chi connectivity index (χ0) is 16.4. The molecule has 4 nitrogen and oxygen atoms in total. The van der Waals surface area contributed by atoms with Crippen LogP contribution in [-0.2, 0) is 9.59 Å². The number of nitrogens with zero attached hydrogens (tertiary/aromatic N) is 1. The maximum absolute atomic E-state index is 12.5. The Labute approximate surface area is 142 Å². The van der Waals surface area contributed by atoms with Crippen molar-refractivity contribution >= 4 is 29.1 Å². The summed E-state index contributed by atoms with van der Waals surface area (Å²) in [6, 6.07) is 7.53. The first kappa shape index (κ1) is 16.3. The van der Waals surface area contributed by atoms with Crippen molar-refractivity contribution in [2.45, 2.75) is 45.1 Å². The average Bonchev–Trinajstić information content (AvgIpc) is 2.90. The highest BCUT2D eigenvalue weighted by Crippen LogP contribution is 2.31. The van der Waals surface area contributed by atoms with Gasteiger partial charge in [0.05, 0.1) is 16.6 Å². The molecular formula is C18H23ClN2O2. The first-order valence-electron chi connectivity index (χ1n) is 8.40. The van der Waals surface area contributed by atoms with Crippen molar-refractivity contribution in [3.8, 4) is 0 Å². The summed E-state index contributed by atoms with van der Waals surface area (Å²) in [5.41, 5.74) is 0.695. The molecule has 1 saturated carbocycles. The number of halogens is 1. The fourth-order valence-electron chi connectivity index (χ4n) is 3.67. The van der Waals surface area contributed by atoms with E-state index in [9.17, 15) is 9.59 Å². The summed E-state index contributed by atoms with van der Waals surface area (Å²) in [6.07, 6.45) is 4.76. The molecule has 3 rings (SSSR count). The van der Waals surface area contributed by atoms with Crippen molar-refractivity contribution in [2.75, 3.05) is 11.4 Å². The van der Waals surface area contributed by atoms with Crippen LogP contribution in [-0.4, -0.2) is 24.4 Å². The lowest BCUT2D eigenvalue weighted by Gasteiger charge is -2.28. The van der Waals surface area contributed by atoms with Gasteiger partial charge in [-0.15, -0.1) is 0 Å². The van der Waals surface area contributed by atoms with Crippen LogP contribution >= 0.6 is 11.6 Å². The highest BCUT2D eigenvalue weighted by Gasteiger charge is 2.36. The van der Waals surface area contributed by atoms with Crippen molar-refractivity contribution in [1.29, 1.82) is 0 Å². The number of amides is 2. The summed E-state index contributed by atoms with van der Waals surface area (Å²) in [5, 5.41) is 3.69. The lowest BCUT2D eigenvalue weighted by atomic mass is 9.87. The molecule has 1 heterocycles. The minimum absolute atomic E-state index is 0.00648. The van der Waals surface area contributed by atoms with Crippen molar-refractivity contribution in [3.05, 3.63) is 29.3 Å². The molecule has 0 bridgehead atoms. The van der Waals surface area contributed by atoms with Crippen LogP contribution in [0, 0.1) is 11.8 Å². The molecule has 0 radical (unpaired) electrons. The molecule has 2 aliphatic rings. The molecule has 124 valence electrons. The van der Waals surface area contributed by atoms with Crippen molar-refractivity contribution in [1.82, 2.24) is 5.32 Å². The molecule has 2 amide bonds. The van der Waals surface area contributed by atoms with Crippen LogP contribution in [0.2, 0.25) is 5.02 Å². The zero-order valence-electron chi connectivity index (χ0n) is 13.4. The van der Waals surface area contributed by atoms with Crippen LogP contribution < -0.4 is 10.2 Å². The Morgan fingerprint density at radius 2 is 2.09 bits per heavy atom. The summed E-state index contributed by atoms with van der Waals surface area (Å²) in [7, 11) is 0. The monoisotopic (exact) mass is 334 g/mol. The summed E-state index contributed by atoms with van der Waals surface area (Å²) >= 11 is 6.17. The van der Waals surface area contributed by atoms with Crippen LogP contribution in [0.1, 0.15) is 39.0 Å². The van der Waals surface area contributed by atoms with Gasteiger partial charge in [-0.3, -0.25) is 9.59 Å². The third-order valence-electron chi connectivity index (χ3n) is 4.92. The van der Waals surface area contributed by atoms with Crippen LogP contribution in [0.3, 0.4) is 0 Å². The molecule has 3 atom stereocenters. The van der Waals surface area contributed by atoms with Gasteiger partial charge >= 0.3 is 0 Å². The first-order chi connectivity index (χ1) is 11.0. The van der Waals surface area contributed by atoms with E-state index in [4.69, 9.17) is 11.6 Å². The SMILES string of the molecule is CC1CCCC(NC(=O)C2CC(=O)N(c3ccccc3Cl)C2)C1. The first-order valence-corrected chi connectivity index (χ1v) is 8.77. The van der Waals surface area contributed by atoms with Gasteiger partial charge in [0.2, 0.25) is 11.8 Å². The molecule has 3 unspecified atom stereocenters. The number of carbonyl (C=O) groups is 2. The number of benzene rings is 1. The maximum atomic E-state index is 12.5. The molecule has 2 fully saturated rings. The second kappa shape index (κ2) is 6.91. The van der Waals surface area contributed by atoms with E-state index in [2.05, 4.69) is 12.2 Å². The van der Waals surface area contributed by atoms with Crippen LogP contribution in [0.4, 0.5) is 5.69 Å². The van der Waals surface area contributed by atoms with E-state index in [-0.39, 0.29) is 30.2 Å². The van der Waals surface area contributed by atoms with Crippen LogP contribution in [0.25, 0.3) is 0 Å². The zero-order valence-corrected chi connectivity index (χ0v) is 14.2. The Hall–Kier alpha value is -1.55. The predicted molar refractivity (Wildman–Crippen MR) is 91.5 cm³/mol. The average molecular weight is 335 g/mol. The van der Waals surface area contributed by atoms with E-state index in [1.807, 2.05) is 18.2 Å². The van der Waals surface area contributed by atoms with Gasteiger partial charge in [0.1, 0.15) is 0 Å². The molecule has 1 aliphatic heterocycles. The lowest BCUT2D eigenvalue weighted by molar-refractivity contribution is -0.127. The van der Waals surface area contributed by atoms with E-state index >= 15 is 0 Å². The van der Waals surface area contributed by atoms with E-state index < -0.39 is 0 Å². The lowest BCUT2D eigenvalue weighted by Crippen LogP contribution is -2.42. The van der Waals surface area contributed by atoms with Crippen molar-refractivity contribution in [3.63, 3.8) is 0 Å². The van der Waals surface area contributed by atoms with Gasteiger partial charge in [0.25, 0.3) is 0 Å². The van der Waals surface area contributed by atoms with Gasteiger partial charge in [0, 0.05) is 19.0 Å². The Bertz CT molecular complexity index is 604. The van der Waals surface area contributed by atoms with Gasteiger partial charge < -0.3 is 10.2 Å². The Morgan fingerprint density at radius 3 is 2.83 bits per heavy atom. The Morgan fingerprint density at radius 1 is 1.30 bits per heavy atom. The maximum Gasteiger partial charge on any atom is 0.227 e. The van der Waals surface area contributed by atoms with E-state index in [1.165, 1.54) is 12.8 Å². The highest BCUT2D eigenvalue weighted by molar-refractivity contribution is 6.33. The summed E-state index contributed by atoms with van der Waals surface area (Å²) in [4.78, 5) is 26.4. The summed E-state index contributed by atoms with van der Waals surface area (Å²) in [6.45, 7) is 2.65. The molecular weight excluding hydrogens is 312 g/mol. The van der Waals surface area contributed by atoms with E-state index in [0.717, 1.165) is 12.8 Å². The van der Waals surface area contributed by atoms with Gasteiger partial charge in [-0.25, -0.2) is 0 Å². The third-order valence-corrected chi connectivity index (χ3v) is 5.24. The molecule has 5 heteroatoms. The van der Waals surface area contributed by atoms with Crippen molar-refractivity contribution < 1.29 is 9.59 Å². The number of rotatable bonds is 3. The van der Waals surface area contributed by atoms with Crippen LogP contribution in [0.5, 0.6) is 0 Å². The Kier molecular flexibility index (Phi) is 4.90. The molecule has 0 aromatic heterocycles. The fourth-order valence-corrected chi connectivity index (χ4v) is 3.91. The number of carbonyl (C=O) groups excluding carboxylic acids is 2. The topological polar surface area (TPSA) is 49.4 Å². The number of para-hydroxylation sites is 1. The third kappa shape index (κ3) is 3.69. The molecule has 1 saturated heterocycles. The second-order valence-electron chi connectivity index (χ2n) is 6.83. The normalized spacial score (nSPS) is 28.0. The molecule has 23 heavy (non-hydrogen) atoms. The number of anilines is 1. The van der Waals surface area contributed by atoms with Gasteiger partial charge in [-0.1, -0.05) is 43.5 Å². The summed E-state index contributed by atoms with van der Waals surface area (Å²) < 4.78 is 0. The highest BCUT2D eigenvalue weighted by atomic mass is 35.5. The van der Waals surface area contributed by atoms with Crippen LogP contribution in [0.15, 0.2) is 24.3 Å². The minimum atomic E-state index is -0.281. The minimum Gasteiger partial charge on any atom is -0.353 e. The Balaban J connectivity index is 1.63. The van der Waals surface area contributed by atoms with Gasteiger partial charge in [-0.05, 0) is 30.9 Å². The number of nitrogens with one attached hydrogen (secondary N) is 1. The predicted octanol–water partition coefficient (Wildman–Crippen LogP) is 3.39. The van der Waals surface area contributed by atoms with E-state index in [0.29, 0.717) is 23.2 Å². The summed E-state index contributed by atoms with van der Waals surface area (Å²) in [5.74, 6) is 0.358. The smallest absolute Gasteiger partial charge is 0.227 e. The number of hydrogen-bond donors (Lipinski definition) is 1. The second-order valence-corrected chi connectivity index (χ2v) is 7.24. The van der Waals surface area contributed by atoms with Crippen molar-refractivity contribution in [2.24, 2.45) is 11.8 Å². The van der Waals surface area contributed by atoms with E-state index in [1.54, 1.807) is 11.0 Å².